The van der Waals surface area contributed by atoms with Crippen LogP contribution in [0.2, 0.25) is 5.02 Å². The summed E-state index contributed by atoms with van der Waals surface area (Å²) >= 11 is 6.15. The first-order valence-electron chi connectivity index (χ1n) is 9.84. The molecule has 3 rings (SSSR count). The van der Waals surface area contributed by atoms with Crippen molar-refractivity contribution in [2.45, 2.75) is 38.6 Å². The molecule has 170 valence electrons. The van der Waals surface area contributed by atoms with Crippen molar-refractivity contribution in [2.24, 2.45) is 0 Å². The van der Waals surface area contributed by atoms with Crippen molar-refractivity contribution < 1.29 is 17.6 Å². The van der Waals surface area contributed by atoms with Gasteiger partial charge in [0.2, 0.25) is 10.0 Å². The van der Waals surface area contributed by atoms with Crippen LogP contribution in [0.4, 0.5) is 10.1 Å². The molecule has 1 N–H and O–H groups in total. The number of rotatable bonds is 6. The minimum absolute atomic E-state index is 0.0343. The van der Waals surface area contributed by atoms with Crippen LogP contribution in [-0.4, -0.2) is 41.5 Å². The molecule has 0 radical (unpaired) electrons. The minimum Gasteiger partial charge on any atom is -0.322 e. The van der Waals surface area contributed by atoms with Gasteiger partial charge in [0, 0.05) is 24.5 Å². The summed E-state index contributed by atoms with van der Waals surface area (Å²) in [5, 5.41) is 6.91. The zero-order chi connectivity index (χ0) is 23.8. The monoisotopic (exact) mass is 478 g/mol. The van der Waals surface area contributed by atoms with E-state index in [0.717, 1.165) is 11.4 Å². The summed E-state index contributed by atoms with van der Waals surface area (Å²) in [5.74, 6) is -1.23. The number of hydrogen-bond donors (Lipinski definition) is 1. The van der Waals surface area contributed by atoms with Gasteiger partial charge in [-0.2, -0.15) is 9.40 Å². The van der Waals surface area contributed by atoms with Crippen LogP contribution in [0.15, 0.2) is 47.4 Å². The molecule has 1 heterocycles. The van der Waals surface area contributed by atoms with Gasteiger partial charge in [-0.3, -0.25) is 4.79 Å². The fourth-order valence-electron chi connectivity index (χ4n) is 3.11. The summed E-state index contributed by atoms with van der Waals surface area (Å²) in [7, 11) is -2.34. The van der Waals surface area contributed by atoms with Crippen LogP contribution in [0.5, 0.6) is 0 Å². The van der Waals surface area contributed by atoms with Crippen molar-refractivity contribution in [1.29, 1.82) is 0 Å². The van der Waals surface area contributed by atoms with E-state index in [2.05, 4.69) is 10.4 Å². The molecule has 0 saturated carbocycles. The predicted octanol–water partition coefficient (Wildman–Crippen LogP) is 4.56. The second kappa shape index (κ2) is 9.01. The lowest BCUT2D eigenvalue weighted by Crippen LogP contribution is -2.33. The van der Waals surface area contributed by atoms with Gasteiger partial charge in [-0.1, -0.05) is 11.6 Å². The van der Waals surface area contributed by atoms with Crippen molar-refractivity contribution in [3.8, 4) is 5.69 Å². The van der Waals surface area contributed by atoms with Crippen molar-refractivity contribution in [2.75, 3.05) is 12.4 Å². The van der Waals surface area contributed by atoms with Gasteiger partial charge in [0.1, 0.15) is 5.69 Å². The highest BCUT2D eigenvalue weighted by Crippen LogP contribution is 2.25. The van der Waals surface area contributed by atoms with E-state index in [-0.39, 0.29) is 32.9 Å². The van der Waals surface area contributed by atoms with Crippen molar-refractivity contribution in [1.82, 2.24) is 14.1 Å². The zero-order valence-corrected chi connectivity index (χ0v) is 19.9. The molecule has 0 saturated heterocycles. The van der Waals surface area contributed by atoms with E-state index in [1.165, 1.54) is 52.4 Å². The van der Waals surface area contributed by atoms with Gasteiger partial charge in [0.15, 0.2) is 5.82 Å². The average Bonchev–Trinajstić information content (AvgIpc) is 3.05. The normalized spacial score (nSPS) is 11.9. The van der Waals surface area contributed by atoms with Crippen molar-refractivity contribution >= 4 is 33.2 Å². The third-order valence-corrected chi connectivity index (χ3v) is 7.39. The maximum Gasteiger partial charge on any atom is 0.257 e. The van der Waals surface area contributed by atoms with Gasteiger partial charge >= 0.3 is 0 Å². The molecule has 32 heavy (non-hydrogen) atoms. The molecule has 1 aromatic heterocycles. The van der Waals surface area contributed by atoms with Crippen LogP contribution < -0.4 is 5.32 Å². The Hall–Kier alpha value is -2.75. The number of hydrogen-bond acceptors (Lipinski definition) is 4. The van der Waals surface area contributed by atoms with Crippen LogP contribution >= 0.6 is 11.6 Å². The molecule has 2 aromatic carbocycles. The molecule has 10 heteroatoms. The second-order valence-corrected chi connectivity index (χ2v) is 10.1. The first-order chi connectivity index (χ1) is 14.9. The molecule has 0 aliphatic carbocycles. The molecule has 3 aromatic rings. The number of anilines is 1. The van der Waals surface area contributed by atoms with Gasteiger partial charge in [0.25, 0.3) is 5.91 Å². The smallest absolute Gasteiger partial charge is 0.257 e. The van der Waals surface area contributed by atoms with Crippen LogP contribution in [0.1, 0.15) is 35.6 Å². The van der Waals surface area contributed by atoms with Crippen LogP contribution in [0, 0.1) is 19.7 Å². The first kappa shape index (κ1) is 23.9. The van der Waals surface area contributed by atoms with Gasteiger partial charge in [-0.15, -0.1) is 0 Å². The number of nitrogens with zero attached hydrogens (tertiary/aromatic N) is 3. The highest BCUT2D eigenvalue weighted by molar-refractivity contribution is 7.89. The molecule has 0 fully saturated rings. The maximum absolute atomic E-state index is 14.7. The number of nitrogens with one attached hydrogen (secondary N) is 1. The fourth-order valence-corrected chi connectivity index (χ4v) is 4.71. The molecule has 1 amide bonds. The summed E-state index contributed by atoms with van der Waals surface area (Å²) < 4.78 is 42.9. The molecular weight excluding hydrogens is 455 g/mol. The summed E-state index contributed by atoms with van der Waals surface area (Å²) in [5.41, 5.74) is 1.94. The maximum atomic E-state index is 14.7. The van der Waals surface area contributed by atoms with E-state index in [1.807, 2.05) is 19.9 Å². The molecule has 7 nitrogen and oxygen atoms in total. The summed E-state index contributed by atoms with van der Waals surface area (Å²) in [6.45, 7) is 7.11. The Morgan fingerprint density at radius 3 is 2.41 bits per heavy atom. The number of benzene rings is 2. The van der Waals surface area contributed by atoms with Crippen molar-refractivity contribution in [3.63, 3.8) is 0 Å². The highest BCUT2D eigenvalue weighted by atomic mass is 35.5. The Morgan fingerprint density at radius 1 is 1.16 bits per heavy atom. The number of sulfonamides is 1. The van der Waals surface area contributed by atoms with E-state index < -0.39 is 21.7 Å². The molecule has 0 aliphatic heterocycles. The number of carbonyl (C=O) groups is 1. The second-order valence-electron chi connectivity index (χ2n) is 7.72. The van der Waals surface area contributed by atoms with Gasteiger partial charge in [-0.25, -0.2) is 17.5 Å². The summed E-state index contributed by atoms with van der Waals surface area (Å²) in [6, 6.07) is 9.68. The molecule has 0 aliphatic rings. The van der Waals surface area contributed by atoms with E-state index in [4.69, 9.17) is 11.6 Å². The van der Waals surface area contributed by atoms with Crippen LogP contribution in [0.3, 0.4) is 0 Å². The predicted molar refractivity (Wildman–Crippen MR) is 122 cm³/mol. The standard InChI is InChI=1S/C22H24ClFN4O3S/c1-13(2)27(5)32(30,31)17-7-8-19(23)18(12-17)22(29)25-16-6-9-21(20(24)11-16)28-15(4)10-14(3)26-28/h6-13H,1-5H3,(H,25,29). The first-order valence-corrected chi connectivity index (χ1v) is 11.7. The van der Waals surface area contributed by atoms with Gasteiger partial charge in [-0.05, 0) is 70.2 Å². The van der Waals surface area contributed by atoms with E-state index in [9.17, 15) is 17.6 Å². The topological polar surface area (TPSA) is 84.3 Å². The summed E-state index contributed by atoms with van der Waals surface area (Å²) in [4.78, 5) is 12.7. The van der Waals surface area contributed by atoms with Crippen LogP contribution in [-0.2, 0) is 10.0 Å². The molecule has 0 atom stereocenters. The largest absolute Gasteiger partial charge is 0.322 e. The fraction of sp³-hybridized carbons (Fsp3) is 0.273. The zero-order valence-electron chi connectivity index (χ0n) is 18.3. The Kier molecular flexibility index (Phi) is 6.73. The number of amides is 1. The van der Waals surface area contributed by atoms with Gasteiger partial charge in [0.05, 0.1) is 21.2 Å². The average molecular weight is 479 g/mol. The third-order valence-electron chi connectivity index (χ3n) is 5.03. The Labute approximate surface area is 191 Å². The number of aryl methyl sites for hydroxylation is 2. The van der Waals surface area contributed by atoms with Crippen LogP contribution in [0.25, 0.3) is 5.69 Å². The molecule has 0 bridgehead atoms. The summed E-state index contributed by atoms with van der Waals surface area (Å²) in [6.07, 6.45) is 0. The van der Waals surface area contributed by atoms with Crippen molar-refractivity contribution in [3.05, 3.63) is 70.3 Å². The lowest BCUT2D eigenvalue weighted by molar-refractivity contribution is 0.102. The number of halogens is 2. The van der Waals surface area contributed by atoms with E-state index in [1.54, 1.807) is 13.8 Å². The Bertz CT molecular complexity index is 1290. The van der Waals surface area contributed by atoms with Gasteiger partial charge < -0.3 is 5.32 Å². The van der Waals surface area contributed by atoms with E-state index in [0.29, 0.717) is 0 Å². The third kappa shape index (κ3) is 4.69. The molecule has 0 unspecified atom stereocenters. The minimum atomic E-state index is -3.80. The highest BCUT2D eigenvalue weighted by Gasteiger charge is 2.25. The Balaban J connectivity index is 1.89. The number of carbonyl (C=O) groups excluding carboxylic acids is 1. The quantitative estimate of drug-likeness (QED) is 0.562. The number of aromatic nitrogens is 2. The molecular formula is C22H24ClFN4O3S. The lowest BCUT2D eigenvalue weighted by Gasteiger charge is -2.21. The Morgan fingerprint density at radius 2 is 1.84 bits per heavy atom. The lowest BCUT2D eigenvalue weighted by atomic mass is 10.2. The van der Waals surface area contributed by atoms with E-state index >= 15 is 0 Å². The molecule has 0 spiro atoms. The SMILES string of the molecule is Cc1cc(C)n(-c2ccc(NC(=O)c3cc(S(=O)(=O)N(C)C(C)C)ccc3Cl)cc2F)n1.